The molecular weight excluding hydrogens is 232 g/mol. The van der Waals surface area contributed by atoms with Gasteiger partial charge in [-0.3, -0.25) is 4.79 Å². The summed E-state index contributed by atoms with van der Waals surface area (Å²) in [5, 5.41) is 8.16. The Morgan fingerprint density at radius 2 is 2.53 bits per heavy atom. The van der Waals surface area contributed by atoms with Crippen molar-refractivity contribution in [2.24, 2.45) is 5.92 Å². The monoisotopic (exact) mass is 246 g/mol. The van der Waals surface area contributed by atoms with Crippen molar-refractivity contribution in [2.45, 2.75) is 6.42 Å². The van der Waals surface area contributed by atoms with Crippen molar-refractivity contribution >= 4 is 29.7 Å². The van der Waals surface area contributed by atoms with Crippen molar-refractivity contribution in [1.82, 2.24) is 10.6 Å². The van der Waals surface area contributed by atoms with Crippen molar-refractivity contribution in [2.75, 3.05) is 19.6 Å². The molecule has 1 aromatic rings. The Morgan fingerprint density at radius 3 is 3.13 bits per heavy atom. The number of carbonyl (C=O) groups excluding carboxylic acids is 1. The van der Waals surface area contributed by atoms with Gasteiger partial charge < -0.3 is 10.6 Å². The molecule has 0 aromatic carbocycles. The van der Waals surface area contributed by atoms with Gasteiger partial charge in [-0.05, 0) is 36.9 Å². The topological polar surface area (TPSA) is 41.1 Å². The first-order chi connectivity index (χ1) is 6.86. The van der Waals surface area contributed by atoms with Crippen LogP contribution >= 0.6 is 23.7 Å². The summed E-state index contributed by atoms with van der Waals surface area (Å²) in [4.78, 5) is 12.3. The molecule has 0 radical (unpaired) electrons. The number of thiophene rings is 1. The zero-order valence-corrected chi connectivity index (χ0v) is 10.00. The summed E-state index contributed by atoms with van der Waals surface area (Å²) < 4.78 is 0. The second kappa shape index (κ2) is 6.10. The maximum Gasteiger partial charge on any atom is 0.261 e. The van der Waals surface area contributed by atoms with Gasteiger partial charge in [0.2, 0.25) is 0 Å². The van der Waals surface area contributed by atoms with Gasteiger partial charge in [-0.25, -0.2) is 0 Å². The van der Waals surface area contributed by atoms with Crippen LogP contribution in [0.4, 0.5) is 0 Å². The standard InChI is InChI=1S/C10H14N2OS.ClH/c13-10(9-2-1-5-14-9)12-7-8-3-4-11-6-8;/h1-2,5,8,11H,3-4,6-7H2,(H,12,13);1H. The lowest BCUT2D eigenvalue weighted by Gasteiger charge is -2.08. The smallest absolute Gasteiger partial charge is 0.261 e. The predicted molar refractivity (Wildman–Crippen MR) is 64.9 cm³/mol. The second-order valence-electron chi connectivity index (χ2n) is 3.55. The number of carbonyl (C=O) groups is 1. The van der Waals surface area contributed by atoms with Crippen LogP contribution in [-0.2, 0) is 0 Å². The molecule has 1 aliphatic heterocycles. The maximum absolute atomic E-state index is 11.5. The van der Waals surface area contributed by atoms with Gasteiger partial charge in [0.15, 0.2) is 0 Å². The van der Waals surface area contributed by atoms with Gasteiger partial charge in [0.05, 0.1) is 4.88 Å². The molecule has 0 saturated carbocycles. The van der Waals surface area contributed by atoms with E-state index in [1.807, 2.05) is 17.5 Å². The molecule has 2 heterocycles. The normalized spacial score (nSPS) is 19.6. The molecule has 1 aromatic heterocycles. The summed E-state index contributed by atoms with van der Waals surface area (Å²) in [6.07, 6.45) is 1.17. The molecule has 5 heteroatoms. The minimum atomic E-state index is 0. The SMILES string of the molecule is Cl.O=C(NCC1CCNC1)c1cccs1. The molecule has 1 fully saturated rings. The van der Waals surface area contributed by atoms with Crippen LogP contribution in [0.5, 0.6) is 0 Å². The lowest BCUT2D eigenvalue weighted by atomic mass is 10.1. The highest BCUT2D eigenvalue weighted by molar-refractivity contribution is 7.12. The van der Waals surface area contributed by atoms with E-state index in [4.69, 9.17) is 0 Å². The number of hydrogen-bond acceptors (Lipinski definition) is 3. The minimum absolute atomic E-state index is 0. The first-order valence-corrected chi connectivity index (χ1v) is 5.76. The lowest BCUT2D eigenvalue weighted by Crippen LogP contribution is -2.29. The number of rotatable bonds is 3. The molecule has 1 aliphatic rings. The third-order valence-corrected chi connectivity index (χ3v) is 3.33. The maximum atomic E-state index is 11.5. The Bertz CT molecular complexity index is 296. The minimum Gasteiger partial charge on any atom is -0.351 e. The molecule has 0 bridgehead atoms. The van der Waals surface area contributed by atoms with E-state index in [0.717, 1.165) is 24.5 Å². The highest BCUT2D eigenvalue weighted by atomic mass is 35.5. The van der Waals surface area contributed by atoms with Crippen molar-refractivity contribution in [3.8, 4) is 0 Å². The average molecular weight is 247 g/mol. The lowest BCUT2D eigenvalue weighted by molar-refractivity contribution is 0.0952. The van der Waals surface area contributed by atoms with E-state index in [2.05, 4.69) is 10.6 Å². The van der Waals surface area contributed by atoms with E-state index < -0.39 is 0 Å². The highest BCUT2D eigenvalue weighted by Crippen LogP contribution is 2.09. The van der Waals surface area contributed by atoms with Gasteiger partial charge in [-0.15, -0.1) is 23.7 Å². The molecule has 1 atom stereocenters. The quantitative estimate of drug-likeness (QED) is 0.849. The van der Waals surface area contributed by atoms with Crippen LogP contribution in [0.1, 0.15) is 16.1 Å². The van der Waals surface area contributed by atoms with E-state index in [1.54, 1.807) is 0 Å². The molecule has 1 saturated heterocycles. The van der Waals surface area contributed by atoms with Gasteiger partial charge in [0, 0.05) is 6.54 Å². The summed E-state index contributed by atoms with van der Waals surface area (Å²) in [6.45, 7) is 2.91. The molecular formula is C10H15ClN2OS. The van der Waals surface area contributed by atoms with Crippen LogP contribution in [0.3, 0.4) is 0 Å². The Morgan fingerprint density at radius 1 is 1.67 bits per heavy atom. The molecule has 84 valence electrons. The number of nitrogens with one attached hydrogen (secondary N) is 2. The summed E-state index contributed by atoms with van der Waals surface area (Å²) in [7, 11) is 0. The molecule has 1 amide bonds. The van der Waals surface area contributed by atoms with E-state index in [0.29, 0.717) is 5.92 Å². The summed E-state index contributed by atoms with van der Waals surface area (Å²) >= 11 is 1.49. The Hall–Kier alpha value is -0.580. The molecule has 0 spiro atoms. The third-order valence-electron chi connectivity index (χ3n) is 2.46. The molecule has 0 aliphatic carbocycles. The number of amides is 1. The van der Waals surface area contributed by atoms with Crippen LogP contribution < -0.4 is 10.6 Å². The summed E-state index contributed by atoms with van der Waals surface area (Å²) in [5.41, 5.74) is 0. The highest BCUT2D eigenvalue weighted by Gasteiger charge is 2.15. The van der Waals surface area contributed by atoms with Crippen molar-refractivity contribution in [1.29, 1.82) is 0 Å². The van der Waals surface area contributed by atoms with E-state index >= 15 is 0 Å². The predicted octanol–water partition coefficient (Wildman–Crippen LogP) is 1.51. The largest absolute Gasteiger partial charge is 0.351 e. The second-order valence-corrected chi connectivity index (χ2v) is 4.49. The number of halogens is 1. The first-order valence-electron chi connectivity index (χ1n) is 4.88. The van der Waals surface area contributed by atoms with Crippen LogP contribution in [0, 0.1) is 5.92 Å². The average Bonchev–Trinajstić information content (AvgIpc) is 2.87. The van der Waals surface area contributed by atoms with Crippen LogP contribution in [0.2, 0.25) is 0 Å². The zero-order valence-electron chi connectivity index (χ0n) is 8.36. The molecule has 15 heavy (non-hydrogen) atoms. The van der Waals surface area contributed by atoms with Crippen molar-refractivity contribution < 1.29 is 4.79 Å². The Balaban J connectivity index is 0.00000112. The Kier molecular flexibility index (Phi) is 5.08. The van der Waals surface area contributed by atoms with Gasteiger partial charge in [-0.2, -0.15) is 0 Å². The van der Waals surface area contributed by atoms with Gasteiger partial charge in [0.1, 0.15) is 0 Å². The van der Waals surface area contributed by atoms with Crippen LogP contribution in [0.15, 0.2) is 17.5 Å². The van der Waals surface area contributed by atoms with E-state index in [9.17, 15) is 4.79 Å². The van der Waals surface area contributed by atoms with Crippen molar-refractivity contribution in [3.63, 3.8) is 0 Å². The van der Waals surface area contributed by atoms with E-state index in [1.165, 1.54) is 17.8 Å². The fraction of sp³-hybridized carbons (Fsp3) is 0.500. The fourth-order valence-corrected chi connectivity index (χ4v) is 2.26. The molecule has 3 nitrogen and oxygen atoms in total. The van der Waals surface area contributed by atoms with Crippen LogP contribution in [0.25, 0.3) is 0 Å². The first kappa shape index (κ1) is 12.5. The van der Waals surface area contributed by atoms with E-state index in [-0.39, 0.29) is 18.3 Å². The third kappa shape index (κ3) is 3.48. The Labute approximate surface area is 99.7 Å². The van der Waals surface area contributed by atoms with Gasteiger partial charge in [-0.1, -0.05) is 6.07 Å². The molecule has 2 rings (SSSR count). The molecule has 2 N–H and O–H groups in total. The number of hydrogen-bond donors (Lipinski definition) is 2. The fourth-order valence-electron chi connectivity index (χ4n) is 1.62. The van der Waals surface area contributed by atoms with Gasteiger partial charge >= 0.3 is 0 Å². The zero-order chi connectivity index (χ0) is 9.80. The van der Waals surface area contributed by atoms with Crippen LogP contribution in [-0.4, -0.2) is 25.5 Å². The van der Waals surface area contributed by atoms with Gasteiger partial charge in [0.25, 0.3) is 5.91 Å². The summed E-state index contributed by atoms with van der Waals surface area (Å²) in [5.74, 6) is 0.672. The molecule has 1 unspecified atom stereocenters. The summed E-state index contributed by atoms with van der Waals surface area (Å²) in [6, 6.07) is 3.75. The van der Waals surface area contributed by atoms with Crippen molar-refractivity contribution in [3.05, 3.63) is 22.4 Å².